The second-order valence-electron chi connectivity index (χ2n) is 4.45. The Kier molecular flexibility index (Phi) is 4.27. The van der Waals surface area contributed by atoms with Gasteiger partial charge in [-0.25, -0.2) is 9.78 Å². The zero-order chi connectivity index (χ0) is 13.0. The number of carbonyl (C=O) groups is 1. The van der Waals surface area contributed by atoms with E-state index >= 15 is 0 Å². The van der Waals surface area contributed by atoms with Gasteiger partial charge in [0.2, 0.25) is 0 Å². The van der Waals surface area contributed by atoms with Crippen LogP contribution in [-0.2, 0) is 23.0 Å². The molecule has 0 aromatic carbocycles. The lowest BCUT2D eigenvalue weighted by Gasteiger charge is -2.11. The molecule has 2 unspecified atom stereocenters. The van der Waals surface area contributed by atoms with E-state index in [0.717, 1.165) is 25.2 Å². The summed E-state index contributed by atoms with van der Waals surface area (Å²) in [5.74, 6) is -0.0593. The number of carboxylic acid groups (broad SMARTS) is 1. The number of ether oxygens (including phenoxy) is 1. The van der Waals surface area contributed by atoms with E-state index in [1.807, 2.05) is 7.05 Å². The SMILES string of the molecule is Cn1cnc(CCNCC2CCC(C(=O)O)O2)n1. The van der Waals surface area contributed by atoms with Gasteiger partial charge in [0.15, 0.2) is 11.9 Å². The fourth-order valence-corrected chi connectivity index (χ4v) is 2.00. The van der Waals surface area contributed by atoms with Crippen LogP contribution in [0.3, 0.4) is 0 Å². The lowest BCUT2D eigenvalue weighted by atomic mass is 10.2. The van der Waals surface area contributed by atoms with Crippen molar-refractivity contribution in [3.05, 3.63) is 12.2 Å². The van der Waals surface area contributed by atoms with Gasteiger partial charge in [-0.05, 0) is 12.8 Å². The fourth-order valence-electron chi connectivity index (χ4n) is 2.00. The van der Waals surface area contributed by atoms with Crippen LogP contribution >= 0.6 is 0 Å². The fraction of sp³-hybridized carbons (Fsp3) is 0.727. The quantitative estimate of drug-likeness (QED) is 0.670. The summed E-state index contributed by atoms with van der Waals surface area (Å²) in [7, 11) is 1.84. The highest BCUT2D eigenvalue weighted by molar-refractivity contribution is 5.72. The summed E-state index contributed by atoms with van der Waals surface area (Å²) in [5, 5.41) is 16.2. The van der Waals surface area contributed by atoms with Crippen molar-refractivity contribution in [1.82, 2.24) is 20.1 Å². The Morgan fingerprint density at radius 2 is 2.50 bits per heavy atom. The molecule has 0 saturated carbocycles. The molecule has 7 nitrogen and oxygen atoms in total. The molecule has 2 rings (SSSR count). The van der Waals surface area contributed by atoms with Crippen molar-refractivity contribution in [2.75, 3.05) is 13.1 Å². The minimum absolute atomic E-state index is 0.00258. The van der Waals surface area contributed by atoms with E-state index in [2.05, 4.69) is 15.4 Å². The van der Waals surface area contributed by atoms with Crippen LogP contribution in [0.4, 0.5) is 0 Å². The Morgan fingerprint density at radius 3 is 3.11 bits per heavy atom. The molecule has 100 valence electrons. The zero-order valence-corrected chi connectivity index (χ0v) is 10.4. The van der Waals surface area contributed by atoms with Crippen molar-refractivity contribution in [2.24, 2.45) is 7.05 Å². The molecule has 1 aliphatic heterocycles. The van der Waals surface area contributed by atoms with Gasteiger partial charge in [0.05, 0.1) is 6.10 Å². The van der Waals surface area contributed by atoms with Crippen molar-refractivity contribution < 1.29 is 14.6 Å². The van der Waals surface area contributed by atoms with E-state index in [0.29, 0.717) is 13.0 Å². The van der Waals surface area contributed by atoms with Gasteiger partial charge in [0.1, 0.15) is 6.33 Å². The van der Waals surface area contributed by atoms with E-state index in [4.69, 9.17) is 9.84 Å². The van der Waals surface area contributed by atoms with Gasteiger partial charge in [0, 0.05) is 26.6 Å². The van der Waals surface area contributed by atoms with Crippen LogP contribution < -0.4 is 5.32 Å². The average Bonchev–Trinajstić information content (AvgIpc) is 2.93. The van der Waals surface area contributed by atoms with Crippen LogP contribution in [0.1, 0.15) is 18.7 Å². The Morgan fingerprint density at radius 1 is 1.67 bits per heavy atom. The van der Waals surface area contributed by atoms with Gasteiger partial charge in [0.25, 0.3) is 0 Å². The highest BCUT2D eigenvalue weighted by Gasteiger charge is 2.29. The first-order valence-electron chi connectivity index (χ1n) is 6.08. The third-order valence-corrected chi connectivity index (χ3v) is 2.93. The normalized spacial score (nSPS) is 23.4. The molecule has 0 spiro atoms. The van der Waals surface area contributed by atoms with E-state index in [1.54, 1.807) is 11.0 Å². The Balaban J connectivity index is 1.60. The number of aromatic nitrogens is 3. The molecule has 1 aliphatic rings. The zero-order valence-electron chi connectivity index (χ0n) is 10.4. The number of aliphatic carboxylic acids is 1. The maximum absolute atomic E-state index is 10.7. The second-order valence-corrected chi connectivity index (χ2v) is 4.45. The number of rotatable bonds is 6. The third-order valence-electron chi connectivity index (χ3n) is 2.93. The van der Waals surface area contributed by atoms with Crippen LogP contribution in [0, 0.1) is 0 Å². The Hall–Kier alpha value is -1.47. The molecule has 18 heavy (non-hydrogen) atoms. The lowest BCUT2D eigenvalue weighted by molar-refractivity contribution is -0.149. The van der Waals surface area contributed by atoms with E-state index in [9.17, 15) is 4.79 Å². The van der Waals surface area contributed by atoms with Crippen molar-refractivity contribution in [3.63, 3.8) is 0 Å². The first kappa shape index (κ1) is 13.0. The number of nitrogens with zero attached hydrogens (tertiary/aromatic N) is 3. The van der Waals surface area contributed by atoms with Crippen LogP contribution in [0.25, 0.3) is 0 Å². The van der Waals surface area contributed by atoms with Crippen LogP contribution in [0.2, 0.25) is 0 Å². The highest BCUT2D eigenvalue weighted by Crippen LogP contribution is 2.19. The molecule has 0 bridgehead atoms. The maximum atomic E-state index is 10.7. The summed E-state index contributed by atoms with van der Waals surface area (Å²) < 4.78 is 7.06. The molecule has 7 heteroatoms. The lowest BCUT2D eigenvalue weighted by Crippen LogP contribution is -2.30. The summed E-state index contributed by atoms with van der Waals surface area (Å²) in [6, 6.07) is 0. The Labute approximate surface area is 105 Å². The summed E-state index contributed by atoms with van der Waals surface area (Å²) in [5.41, 5.74) is 0. The van der Waals surface area contributed by atoms with Gasteiger partial charge in [-0.1, -0.05) is 0 Å². The largest absolute Gasteiger partial charge is 0.479 e. The molecular weight excluding hydrogens is 236 g/mol. The molecule has 2 atom stereocenters. The summed E-state index contributed by atoms with van der Waals surface area (Å²) in [6.45, 7) is 1.44. The number of carboxylic acids is 1. The van der Waals surface area contributed by atoms with Crippen molar-refractivity contribution in [2.45, 2.75) is 31.5 Å². The molecule has 2 heterocycles. The van der Waals surface area contributed by atoms with Crippen LogP contribution in [0.15, 0.2) is 6.33 Å². The van der Waals surface area contributed by atoms with Gasteiger partial charge in [-0.3, -0.25) is 4.68 Å². The number of nitrogens with one attached hydrogen (secondary N) is 1. The molecule has 1 aromatic rings. The Bertz CT molecular complexity index is 407. The molecule has 1 saturated heterocycles. The van der Waals surface area contributed by atoms with E-state index < -0.39 is 12.1 Å². The molecule has 0 radical (unpaired) electrons. The maximum Gasteiger partial charge on any atom is 0.332 e. The van der Waals surface area contributed by atoms with Crippen LogP contribution in [0.5, 0.6) is 0 Å². The van der Waals surface area contributed by atoms with E-state index in [1.165, 1.54) is 0 Å². The standard InChI is InChI=1S/C11H18N4O3/c1-15-7-13-10(14-15)4-5-12-6-8-2-3-9(18-8)11(16)17/h7-9,12H,2-6H2,1H3,(H,16,17). The molecule has 2 N–H and O–H groups in total. The number of aryl methyl sites for hydroxylation is 1. The first-order chi connectivity index (χ1) is 8.65. The van der Waals surface area contributed by atoms with Crippen LogP contribution in [-0.4, -0.2) is 51.1 Å². The monoisotopic (exact) mass is 254 g/mol. The number of hydrogen-bond acceptors (Lipinski definition) is 5. The predicted octanol–water partition coefficient (Wildman–Crippen LogP) is -0.421. The molecule has 1 fully saturated rings. The minimum Gasteiger partial charge on any atom is -0.479 e. The minimum atomic E-state index is -0.866. The van der Waals surface area contributed by atoms with Crippen molar-refractivity contribution in [3.8, 4) is 0 Å². The van der Waals surface area contributed by atoms with Gasteiger partial charge in [-0.2, -0.15) is 5.10 Å². The van der Waals surface area contributed by atoms with E-state index in [-0.39, 0.29) is 6.10 Å². The van der Waals surface area contributed by atoms with Crippen molar-refractivity contribution in [1.29, 1.82) is 0 Å². The molecule has 1 aromatic heterocycles. The highest BCUT2D eigenvalue weighted by atomic mass is 16.5. The third kappa shape index (κ3) is 3.51. The van der Waals surface area contributed by atoms with Gasteiger partial charge in [-0.15, -0.1) is 0 Å². The van der Waals surface area contributed by atoms with Gasteiger partial charge < -0.3 is 15.2 Å². The van der Waals surface area contributed by atoms with Gasteiger partial charge >= 0.3 is 5.97 Å². The summed E-state index contributed by atoms with van der Waals surface area (Å²) in [6.07, 6.45) is 3.20. The first-order valence-corrected chi connectivity index (χ1v) is 6.08. The molecule has 0 amide bonds. The molecule has 0 aliphatic carbocycles. The summed E-state index contributed by atoms with van der Waals surface area (Å²) >= 11 is 0. The topological polar surface area (TPSA) is 89.3 Å². The number of hydrogen-bond donors (Lipinski definition) is 2. The smallest absolute Gasteiger partial charge is 0.332 e. The predicted molar refractivity (Wildman–Crippen MR) is 63.1 cm³/mol. The molecular formula is C11H18N4O3. The second kappa shape index (κ2) is 5.92. The average molecular weight is 254 g/mol. The van der Waals surface area contributed by atoms with Crippen molar-refractivity contribution >= 4 is 5.97 Å². The summed E-state index contributed by atoms with van der Waals surface area (Å²) in [4.78, 5) is 14.8.